The van der Waals surface area contributed by atoms with Crippen LogP contribution in [0.4, 0.5) is 0 Å². The first-order chi connectivity index (χ1) is 10.4. The van der Waals surface area contributed by atoms with Crippen molar-refractivity contribution in [1.82, 2.24) is 14.8 Å². The topological polar surface area (TPSA) is 65.6 Å². The molecule has 1 fully saturated rings. The molecule has 22 heavy (non-hydrogen) atoms. The Balaban J connectivity index is 2.04. The molecule has 0 spiro atoms. The van der Waals surface area contributed by atoms with E-state index < -0.39 is 0 Å². The lowest BCUT2D eigenvalue weighted by atomic mass is 10.1. The number of aromatic amines is 1. The van der Waals surface area contributed by atoms with Crippen molar-refractivity contribution in [3.05, 3.63) is 28.2 Å². The van der Waals surface area contributed by atoms with Gasteiger partial charge in [-0.3, -0.25) is 14.5 Å². The molecule has 0 unspecified atom stereocenters. The molecule has 1 atom stereocenters. The highest BCUT2D eigenvalue weighted by atomic mass is 16.5. The first-order valence-corrected chi connectivity index (χ1v) is 7.70. The van der Waals surface area contributed by atoms with Gasteiger partial charge in [-0.15, -0.1) is 0 Å². The second-order valence-electron chi connectivity index (χ2n) is 6.22. The van der Waals surface area contributed by atoms with Crippen LogP contribution in [0.15, 0.2) is 17.1 Å². The minimum absolute atomic E-state index is 0.145. The Morgan fingerprint density at radius 2 is 2.09 bits per heavy atom. The summed E-state index contributed by atoms with van der Waals surface area (Å²) in [5.41, 5.74) is 0.649. The summed E-state index contributed by atoms with van der Waals surface area (Å²) in [6.07, 6.45) is 1.57. The molecule has 1 amide bonds. The number of H-pyrrole nitrogens is 1. The predicted molar refractivity (Wildman–Crippen MR) is 84.9 cm³/mol. The lowest BCUT2D eigenvalue weighted by molar-refractivity contribution is -0.142. The van der Waals surface area contributed by atoms with Crippen molar-refractivity contribution in [2.24, 2.45) is 5.92 Å². The number of aromatic nitrogens is 1. The van der Waals surface area contributed by atoms with Crippen molar-refractivity contribution in [2.75, 3.05) is 26.7 Å². The summed E-state index contributed by atoms with van der Waals surface area (Å²) >= 11 is 0. The summed E-state index contributed by atoms with van der Waals surface area (Å²) in [5, 5.41) is 0. The number of methoxy groups -OCH3 is 1. The van der Waals surface area contributed by atoms with Crippen LogP contribution in [-0.4, -0.2) is 53.5 Å². The molecule has 1 N–H and O–H groups in total. The third-order valence-electron chi connectivity index (χ3n) is 3.99. The maximum Gasteiger partial charge on any atom is 0.239 e. The third-order valence-corrected chi connectivity index (χ3v) is 3.99. The highest BCUT2D eigenvalue weighted by Crippen LogP contribution is 2.15. The fourth-order valence-electron chi connectivity index (χ4n) is 2.78. The van der Waals surface area contributed by atoms with Crippen LogP contribution in [0.25, 0.3) is 0 Å². The highest BCUT2D eigenvalue weighted by Gasteiger charge is 2.31. The number of pyridine rings is 1. The predicted octanol–water partition coefficient (Wildman–Crippen LogP) is 1.07. The molecule has 1 aliphatic heterocycles. The van der Waals surface area contributed by atoms with Crippen LogP contribution in [0.2, 0.25) is 0 Å². The Hall–Kier alpha value is -1.82. The molecule has 0 radical (unpaired) electrons. The van der Waals surface area contributed by atoms with E-state index in [1.807, 2.05) is 11.8 Å². The first kappa shape index (κ1) is 16.5. The van der Waals surface area contributed by atoms with Gasteiger partial charge in [-0.1, -0.05) is 13.8 Å². The van der Waals surface area contributed by atoms with E-state index in [2.05, 4.69) is 23.7 Å². The molecule has 6 heteroatoms. The van der Waals surface area contributed by atoms with Gasteiger partial charge in [0.1, 0.15) is 0 Å². The van der Waals surface area contributed by atoms with E-state index in [-0.39, 0.29) is 17.4 Å². The normalized spacial score (nSPS) is 19.8. The van der Waals surface area contributed by atoms with Crippen molar-refractivity contribution >= 4 is 5.91 Å². The molecular formula is C16H25N3O3. The third kappa shape index (κ3) is 3.68. The Morgan fingerprint density at radius 1 is 1.36 bits per heavy atom. The summed E-state index contributed by atoms with van der Waals surface area (Å²) in [6.45, 7) is 9.07. The molecule has 1 aromatic rings. The lowest BCUT2D eigenvalue weighted by Gasteiger charge is -2.39. The standard InChI is InChI=1S/C16H25N3O3/c1-11(2)9-19-6-5-18(12(3)16(19)21)10-13-7-14(20)15(22-4)8-17-13/h7-8,11-12H,5-6,9-10H2,1-4H3,(H,17,20)/t12-/m1/s1. The van der Waals surface area contributed by atoms with Gasteiger partial charge in [0.15, 0.2) is 5.75 Å². The molecule has 6 nitrogen and oxygen atoms in total. The lowest BCUT2D eigenvalue weighted by Crippen LogP contribution is -2.56. The number of hydrogen-bond donors (Lipinski definition) is 1. The molecule has 0 aromatic carbocycles. The number of nitrogens with one attached hydrogen (secondary N) is 1. The zero-order valence-electron chi connectivity index (χ0n) is 13.8. The molecular weight excluding hydrogens is 282 g/mol. The van der Waals surface area contributed by atoms with Crippen LogP contribution in [0.3, 0.4) is 0 Å². The van der Waals surface area contributed by atoms with E-state index in [1.54, 1.807) is 6.20 Å². The Kier molecular flexibility index (Phi) is 5.24. The number of amides is 1. The second kappa shape index (κ2) is 6.96. The molecule has 2 heterocycles. The van der Waals surface area contributed by atoms with Gasteiger partial charge in [-0.05, 0) is 12.8 Å². The maximum absolute atomic E-state index is 12.4. The van der Waals surface area contributed by atoms with Crippen LogP contribution < -0.4 is 10.2 Å². The molecule has 0 bridgehead atoms. The van der Waals surface area contributed by atoms with E-state index in [9.17, 15) is 9.59 Å². The molecule has 122 valence electrons. The fraction of sp³-hybridized carbons (Fsp3) is 0.625. The van der Waals surface area contributed by atoms with Gasteiger partial charge in [0.05, 0.1) is 13.2 Å². The van der Waals surface area contributed by atoms with Crippen LogP contribution >= 0.6 is 0 Å². The van der Waals surface area contributed by atoms with E-state index in [1.165, 1.54) is 13.2 Å². The SMILES string of the molecule is COc1c[nH]c(CN2CCN(CC(C)C)C(=O)[C@H]2C)cc1=O. The van der Waals surface area contributed by atoms with Gasteiger partial charge >= 0.3 is 0 Å². The van der Waals surface area contributed by atoms with Crippen LogP contribution in [0.1, 0.15) is 26.5 Å². The van der Waals surface area contributed by atoms with Crippen molar-refractivity contribution < 1.29 is 9.53 Å². The van der Waals surface area contributed by atoms with Crippen molar-refractivity contribution in [3.8, 4) is 5.75 Å². The summed E-state index contributed by atoms with van der Waals surface area (Å²) < 4.78 is 4.96. The van der Waals surface area contributed by atoms with E-state index in [4.69, 9.17) is 4.74 Å². The second-order valence-corrected chi connectivity index (χ2v) is 6.22. The smallest absolute Gasteiger partial charge is 0.239 e. The average molecular weight is 307 g/mol. The van der Waals surface area contributed by atoms with Gasteiger partial charge in [0.2, 0.25) is 11.3 Å². The van der Waals surface area contributed by atoms with Gasteiger partial charge in [0, 0.05) is 44.1 Å². The van der Waals surface area contributed by atoms with E-state index in [0.29, 0.717) is 18.2 Å². The van der Waals surface area contributed by atoms with Crippen molar-refractivity contribution in [1.29, 1.82) is 0 Å². The molecule has 1 saturated heterocycles. The van der Waals surface area contributed by atoms with Gasteiger partial charge in [-0.25, -0.2) is 0 Å². The highest BCUT2D eigenvalue weighted by molar-refractivity contribution is 5.82. The van der Waals surface area contributed by atoms with Crippen molar-refractivity contribution in [3.63, 3.8) is 0 Å². The molecule has 2 rings (SSSR count). The summed E-state index contributed by atoms with van der Waals surface area (Å²) in [4.78, 5) is 31.3. The fourth-order valence-corrected chi connectivity index (χ4v) is 2.78. The Morgan fingerprint density at radius 3 is 2.68 bits per heavy atom. The number of rotatable bonds is 5. The minimum atomic E-state index is -0.168. The Bertz CT molecular complexity index is 582. The zero-order chi connectivity index (χ0) is 16.3. The number of carbonyl (C=O) groups excluding carboxylic acids is 1. The monoisotopic (exact) mass is 307 g/mol. The molecule has 1 aliphatic rings. The first-order valence-electron chi connectivity index (χ1n) is 7.70. The van der Waals surface area contributed by atoms with Gasteiger partial charge in [0.25, 0.3) is 0 Å². The number of nitrogens with zero attached hydrogens (tertiary/aromatic N) is 2. The number of ether oxygens (including phenoxy) is 1. The van der Waals surface area contributed by atoms with Crippen LogP contribution in [-0.2, 0) is 11.3 Å². The summed E-state index contributed by atoms with van der Waals surface area (Å²) in [6, 6.07) is 1.37. The largest absolute Gasteiger partial charge is 0.491 e. The molecule has 0 aliphatic carbocycles. The quantitative estimate of drug-likeness (QED) is 0.884. The number of piperazine rings is 1. The minimum Gasteiger partial charge on any atom is -0.491 e. The average Bonchev–Trinajstić information content (AvgIpc) is 2.47. The molecule has 1 aromatic heterocycles. The van der Waals surface area contributed by atoms with E-state index >= 15 is 0 Å². The number of hydrogen-bond acceptors (Lipinski definition) is 4. The Labute approximate surface area is 131 Å². The van der Waals surface area contributed by atoms with Gasteiger partial charge < -0.3 is 14.6 Å². The number of carbonyl (C=O) groups is 1. The maximum atomic E-state index is 12.4. The zero-order valence-corrected chi connectivity index (χ0v) is 13.8. The van der Waals surface area contributed by atoms with E-state index in [0.717, 1.165) is 25.3 Å². The van der Waals surface area contributed by atoms with Crippen LogP contribution in [0, 0.1) is 5.92 Å². The van der Waals surface area contributed by atoms with Crippen LogP contribution in [0.5, 0.6) is 5.75 Å². The van der Waals surface area contributed by atoms with Crippen molar-refractivity contribution in [2.45, 2.75) is 33.4 Å². The summed E-state index contributed by atoms with van der Waals surface area (Å²) in [5.74, 6) is 0.936. The van der Waals surface area contributed by atoms with Gasteiger partial charge in [-0.2, -0.15) is 0 Å². The summed E-state index contributed by atoms with van der Waals surface area (Å²) in [7, 11) is 1.47. The molecule has 0 saturated carbocycles.